The van der Waals surface area contributed by atoms with Crippen LogP contribution < -0.4 is 15.0 Å². The zero-order valence-corrected chi connectivity index (χ0v) is 16.1. The molecule has 1 aromatic rings. The molecule has 2 aliphatic carbocycles. The lowest BCUT2D eigenvalue weighted by atomic mass is 9.79. The molecule has 1 aromatic carbocycles. The van der Waals surface area contributed by atoms with Crippen molar-refractivity contribution in [1.82, 2.24) is 5.32 Å². The summed E-state index contributed by atoms with van der Waals surface area (Å²) in [5, 5.41) is 12.7. The van der Waals surface area contributed by atoms with Gasteiger partial charge in [0, 0.05) is 36.2 Å². The molecule has 0 aromatic heterocycles. The molecule has 0 radical (unpaired) electrons. The van der Waals surface area contributed by atoms with Crippen LogP contribution in [0.5, 0.6) is 5.75 Å². The first-order chi connectivity index (χ1) is 13.5. The Hall–Kier alpha value is -2.41. The molecule has 7 heteroatoms. The van der Waals surface area contributed by atoms with Gasteiger partial charge in [-0.15, -0.1) is 0 Å². The van der Waals surface area contributed by atoms with Crippen LogP contribution in [-0.2, 0) is 4.79 Å². The van der Waals surface area contributed by atoms with Crippen molar-refractivity contribution in [2.24, 2.45) is 5.92 Å². The van der Waals surface area contributed by atoms with Crippen LogP contribution in [0.25, 0.3) is 0 Å². The fraction of sp³-hybridized carbons (Fsp3) is 0.524. The van der Waals surface area contributed by atoms with Crippen LogP contribution in [0, 0.1) is 11.7 Å². The highest BCUT2D eigenvalue weighted by Gasteiger charge is 2.42. The van der Waals surface area contributed by atoms with E-state index in [1.807, 2.05) is 11.9 Å². The summed E-state index contributed by atoms with van der Waals surface area (Å²) >= 11 is 0. The molecule has 2 N–H and O–H groups in total. The molecule has 0 bridgehead atoms. The van der Waals surface area contributed by atoms with E-state index in [4.69, 9.17) is 4.74 Å². The van der Waals surface area contributed by atoms with Gasteiger partial charge in [-0.3, -0.25) is 4.79 Å². The first-order valence-electron chi connectivity index (χ1n) is 9.78. The number of rotatable bonds is 5. The summed E-state index contributed by atoms with van der Waals surface area (Å²) in [6.45, 7) is 1.36. The highest BCUT2D eigenvalue weighted by molar-refractivity contribution is 6.25. The number of carbonyl (C=O) groups is 2. The van der Waals surface area contributed by atoms with Gasteiger partial charge in [-0.2, -0.15) is 0 Å². The largest absolute Gasteiger partial charge is 0.494 e. The predicted molar refractivity (Wildman–Crippen MR) is 103 cm³/mol. The van der Waals surface area contributed by atoms with Gasteiger partial charge >= 0.3 is 5.97 Å². The smallest absolute Gasteiger partial charge is 0.339 e. The van der Waals surface area contributed by atoms with E-state index in [1.54, 1.807) is 6.08 Å². The van der Waals surface area contributed by atoms with Crippen molar-refractivity contribution in [2.75, 3.05) is 32.1 Å². The number of benzene rings is 1. The average Bonchev–Trinajstić information content (AvgIpc) is 3.52. The maximum Gasteiger partial charge on any atom is 0.339 e. The predicted octanol–water partition coefficient (Wildman–Crippen LogP) is 2.72. The van der Waals surface area contributed by atoms with Crippen LogP contribution >= 0.6 is 0 Å². The van der Waals surface area contributed by atoms with Gasteiger partial charge in [0.2, 0.25) is 5.78 Å². The topological polar surface area (TPSA) is 78.9 Å². The van der Waals surface area contributed by atoms with Gasteiger partial charge in [0.1, 0.15) is 17.0 Å². The molecule has 1 saturated heterocycles. The Morgan fingerprint density at radius 1 is 1.36 bits per heavy atom. The average molecular weight is 388 g/mol. The summed E-state index contributed by atoms with van der Waals surface area (Å²) in [5.74, 6) is -2.05. The Labute approximate surface area is 163 Å². The zero-order chi connectivity index (χ0) is 20.0. The lowest BCUT2D eigenvalue weighted by Gasteiger charge is -2.36. The third-order valence-electron chi connectivity index (χ3n) is 6.13. The maximum atomic E-state index is 15.2. The van der Waals surface area contributed by atoms with Crippen LogP contribution in [-0.4, -0.2) is 50.1 Å². The molecule has 150 valence electrons. The summed E-state index contributed by atoms with van der Waals surface area (Å²) < 4.78 is 20.9. The van der Waals surface area contributed by atoms with Gasteiger partial charge in [-0.1, -0.05) is 6.08 Å². The molecule has 1 saturated carbocycles. The first-order valence-corrected chi connectivity index (χ1v) is 9.78. The van der Waals surface area contributed by atoms with Crippen molar-refractivity contribution in [3.8, 4) is 5.75 Å². The summed E-state index contributed by atoms with van der Waals surface area (Å²) in [6, 6.07) is 1.47. The number of ether oxygens (including phenoxy) is 1. The van der Waals surface area contributed by atoms with Crippen molar-refractivity contribution in [3.63, 3.8) is 0 Å². The molecular weight excluding hydrogens is 363 g/mol. The standard InChI is InChI=1S/C21H25FN2O4/c1-23-12-4-3-7-24(10-12)18-16(22)9-14-17(20(18)28-2)13(11-5-6-11)8-15(19(14)25)21(26)27/h8-9,11-13,23H,3-7,10H2,1-2H3,(H,26,27)/t12-,13+/m1/s1. The summed E-state index contributed by atoms with van der Waals surface area (Å²) in [4.78, 5) is 26.3. The number of ketones is 1. The van der Waals surface area contributed by atoms with Gasteiger partial charge in [0.25, 0.3) is 0 Å². The number of halogens is 1. The number of anilines is 1. The Morgan fingerprint density at radius 2 is 2.11 bits per heavy atom. The quantitative estimate of drug-likeness (QED) is 0.755. The number of carboxylic acids is 1. The lowest BCUT2D eigenvalue weighted by molar-refractivity contribution is -0.132. The number of likely N-dealkylation sites (N-methyl/N-ethyl adjacent to an activating group) is 1. The summed E-state index contributed by atoms with van der Waals surface area (Å²) in [7, 11) is 3.39. The number of piperidine rings is 1. The molecule has 1 aliphatic heterocycles. The minimum Gasteiger partial charge on any atom is -0.494 e. The highest BCUT2D eigenvalue weighted by Crippen LogP contribution is 2.52. The number of nitrogens with one attached hydrogen (secondary N) is 1. The van der Waals surface area contributed by atoms with Gasteiger partial charge in [0.05, 0.1) is 7.11 Å². The van der Waals surface area contributed by atoms with Crippen molar-refractivity contribution >= 4 is 17.4 Å². The first kappa shape index (κ1) is 18.9. The number of Topliss-reactive ketones (excluding diaryl/α,β-unsaturated/α-hetero) is 1. The fourth-order valence-electron chi connectivity index (χ4n) is 4.55. The molecule has 2 atom stereocenters. The summed E-state index contributed by atoms with van der Waals surface area (Å²) in [5.41, 5.74) is 0.874. The molecule has 6 nitrogen and oxygen atoms in total. The van der Waals surface area contributed by atoms with Gasteiger partial charge in [-0.25, -0.2) is 9.18 Å². The van der Waals surface area contributed by atoms with E-state index in [2.05, 4.69) is 5.32 Å². The molecular formula is C21H25FN2O4. The van der Waals surface area contributed by atoms with Crippen molar-refractivity contribution in [2.45, 2.75) is 37.6 Å². The molecule has 3 aliphatic rings. The van der Waals surface area contributed by atoms with Crippen molar-refractivity contribution < 1.29 is 23.8 Å². The monoisotopic (exact) mass is 388 g/mol. The van der Waals surface area contributed by atoms with E-state index < -0.39 is 17.6 Å². The molecule has 1 heterocycles. The Balaban J connectivity index is 1.86. The minimum atomic E-state index is -1.27. The second-order valence-corrected chi connectivity index (χ2v) is 7.85. The minimum absolute atomic E-state index is 0.122. The normalized spacial score (nSPS) is 24.6. The van der Waals surface area contributed by atoms with E-state index in [0.29, 0.717) is 30.1 Å². The van der Waals surface area contributed by atoms with E-state index >= 15 is 4.39 Å². The van der Waals surface area contributed by atoms with Gasteiger partial charge in [0.15, 0.2) is 5.82 Å². The Morgan fingerprint density at radius 3 is 2.71 bits per heavy atom. The number of methoxy groups -OCH3 is 1. The number of hydrogen-bond donors (Lipinski definition) is 2. The van der Waals surface area contributed by atoms with E-state index in [0.717, 1.165) is 25.7 Å². The Bertz CT molecular complexity index is 862. The van der Waals surface area contributed by atoms with E-state index in [-0.39, 0.29) is 29.0 Å². The molecule has 28 heavy (non-hydrogen) atoms. The molecule has 0 spiro atoms. The Kier molecular flexibility index (Phi) is 4.87. The second kappa shape index (κ2) is 7.20. The molecule has 2 fully saturated rings. The van der Waals surface area contributed by atoms with Crippen LogP contribution in [0.2, 0.25) is 0 Å². The lowest BCUT2D eigenvalue weighted by Crippen LogP contribution is -2.45. The number of nitrogens with zero attached hydrogens (tertiary/aromatic N) is 1. The van der Waals surface area contributed by atoms with Crippen molar-refractivity contribution in [3.05, 3.63) is 34.7 Å². The number of hydrogen-bond acceptors (Lipinski definition) is 5. The molecule has 4 rings (SSSR count). The number of carbonyl (C=O) groups excluding carboxylic acids is 1. The zero-order valence-electron chi connectivity index (χ0n) is 16.1. The summed E-state index contributed by atoms with van der Waals surface area (Å²) in [6.07, 6.45) is 5.42. The van der Waals surface area contributed by atoms with Crippen LogP contribution in [0.15, 0.2) is 17.7 Å². The molecule has 0 unspecified atom stereocenters. The van der Waals surface area contributed by atoms with Crippen LogP contribution in [0.1, 0.15) is 47.5 Å². The second-order valence-electron chi connectivity index (χ2n) is 7.85. The van der Waals surface area contributed by atoms with E-state index in [1.165, 1.54) is 13.2 Å². The third-order valence-corrected chi connectivity index (χ3v) is 6.13. The fourth-order valence-corrected chi connectivity index (χ4v) is 4.55. The SMILES string of the molecule is CN[C@@H]1CCCN(c2c(F)cc3c(c2OC)[C@H](C2CC2)C=C(C(=O)O)C3=O)C1. The van der Waals surface area contributed by atoms with Gasteiger partial charge < -0.3 is 20.1 Å². The number of allylic oxidation sites excluding steroid dienone is 1. The van der Waals surface area contributed by atoms with Crippen LogP contribution in [0.3, 0.4) is 0 Å². The number of fused-ring (bicyclic) bond motifs is 1. The molecule has 0 amide bonds. The number of aliphatic carboxylic acids is 1. The highest BCUT2D eigenvalue weighted by atomic mass is 19.1. The third kappa shape index (κ3) is 3.07. The van der Waals surface area contributed by atoms with E-state index in [9.17, 15) is 14.7 Å². The van der Waals surface area contributed by atoms with Crippen molar-refractivity contribution in [1.29, 1.82) is 0 Å². The van der Waals surface area contributed by atoms with Crippen LogP contribution in [0.4, 0.5) is 10.1 Å². The maximum absolute atomic E-state index is 15.2. The van der Waals surface area contributed by atoms with Gasteiger partial charge in [-0.05, 0) is 44.7 Å². The number of carboxylic acid groups (broad SMARTS) is 1.